The molecule has 1 fully saturated rings. The van der Waals surface area contributed by atoms with E-state index in [-0.39, 0.29) is 0 Å². The third-order valence-corrected chi connectivity index (χ3v) is 4.64. The summed E-state index contributed by atoms with van der Waals surface area (Å²) in [5.74, 6) is 2.45. The molecule has 3 nitrogen and oxygen atoms in total. The van der Waals surface area contributed by atoms with Crippen molar-refractivity contribution in [2.75, 3.05) is 13.1 Å². The molecule has 0 radical (unpaired) electrons. The fraction of sp³-hybridized carbons (Fsp3) is 0.765. The molecule has 1 aliphatic rings. The lowest BCUT2D eigenvalue weighted by atomic mass is 9.92. The topological polar surface area (TPSA) is 28.4 Å². The molecule has 20 heavy (non-hydrogen) atoms. The van der Waals surface area contributed by atoms with E-state index >= 15 is 0 Å². The van der Waals surface area contributed by atoms with E-state index in [0.717, 1.165) is 25.3 Å². The van der Waals surface area contributed by atoms with Gasteiger partial charge in [0.25, 0.3) is 0 Å². The van der Waals surface area contributed by atoms with Crippen molar-refractivity contribution >= 4 is 0 Å². The van der Waals surface area contributed by atoms with Crippen LogP contribution in [-0.2, 0) is 6.42 Å². The zero-order valence-corrected chi connectivity index (χ0v) is 13.6. The molecule has 0 saturated carbocycles. The first-order valence-electron chi connectivity index (χ1n) is 8.00. The van der Waals surface area contributed by atoms with Crippen LogP contribution in [0.5, 0.6) is 0 Å². The van der Waals surface area contributed by atoms with Crippen LogP contribution in [0.4, 0.5) is 0 Å². The molecule has 2 heterocycles. The molecule has 3 unspecified atom stereocenters. The molecule has 114 valence electrons. The Morgan fingerprint density at radius 2 is 2.00 bits per heavy atom. The second kappa shape index (κ2) is 6.77. The zero-order valence-electron chi connectivity index (χ0n) is 13.6. The average molecular weight is 278 g/mol. The van der Waals surface area contributed by atoms with E-state index in [4.69, 9.17) is 4.42 Å². The molecule has 1 aliphatic heterocycles. The molecule has 3 heteroatoms. The van der Waals surface area contributed by atoms with Crippen LogP contribution in [0.2, 0.25) is 0 Å². The van der Waals surface area contributed by atoms with Crippen LogP contribution in [0.15, 0.2) is 22.8 Å². The van der Waals surface area contributed by atoms with Crippen LogP contribution < -0.4 is 5.32 Å². The quantitative estimate of drug-likeness (QED) is 0.897. The maximum absolute atomic E-state index is 5.52. The Balaban J connectivity index is 2.05. The lowest BCUT2D eigenvalue weighted by Crippen LogP contribution is -2.62. The summed E-state index contributed by atoms with van der Waals surface area (Å²) in [6.45, 7) is 13.8. The van der Waals surface area contributed by atoms with E-state index in [1.54, 1.807) is 6.26 Å². The van der Waals surface area contributed by atoms with Gasteiger partial charge in [0, 0.05) is 37.6 Å². The molecule has 1 aromatic rings. The Labute approximate surface area is 123 Å². The van der Waals surface area contributed by atoms with Crippen LogP contribution >= 0.6 is 0 Å². The third-order valence-electron chi connectivity index (χ3n) is 4.64. The number of piperazine rings is 1. The average Bonchev–Trinajstić information content (AvgIpc) is 2.90. The van der Waals surface area contributed by atoms with Gasteiger partial charge in [0.15, 0.2) is 0 Å². The lowest BCUT2D eigenvalue weighted by Gasteiger charge is -2.46. The highest BCUT2D eigenvalue weighted by atomic mass is 16.3. The van der Waals surface area contributed by atoms with Crippen molar-refractivity contribution < 1.29 is 4.42 Å². The van der Waals surface area contributed by atoms with Gasteiger partial charge >= 0.3 is 0 Å². The molecule has 0 amide bonds. The molecule has 1 saturated heterocycles. The molecule has 0 spiro atoms. The van der Waals surface area contributed by atoms with Gasteiger partial charge in [-0.25, -0.2) is 0 Å². The molecule has 1 aromatic heterocycles. The monoisotopic (exact) mass is 278 g/mol. The van der Waals surface area contributed by atoms with Crippen LogP contribution in [0.1, 0.15) is 40.4 Å². The van der Waals surface area contributed by atoms with Crippen LogP contribution in [0, 0.1) is 11.8 Å². The van der Waals surface area contributed by atoms with Crippen LogP contribution in [0.3, 0.4) is 0 Å². The Kier molecular flexibility index (Phi) is 5.28. The second-order valence-electron chi connectivity index (χ2n) is 6.90. The standard InChI is InChI=1S/C17H30N2O/c1-12(2)16-11-19(17(10-18-16)13(3)4)14(5)9-15-7-6-8-20-15/h6-8,12-14,16-18H,9-11H2,1-5H3. The molecular formula is C17H30N2O. The molecule has 2 rings (SSSR count). The summed E-state index contributed by atoms with van der Waals surface area (Å²) in [6, 6.07) is 5.82. The highest BCUT2D eigenvalue weighted by molar-refractivity contribution is 5.02. The summed E-state index contributed by atoms with van der Waals surface area (Å²) < 4.78 is 5.52. The lowest BCUT2D eigenvalue weighted by molar-refractivity contribution is 0.0500. The predicted octanol–water partition coefficient (Wildman–Crippen LogP) is 3.17. The first-order chi connectivity index (χ1) is 9.49. The van der Waals surface area contributed by atoms with Crippen molar-refractivity contribution in [2.24, 2.45) is 11.8 Å². The fourth-order valence-corrected chi connectivity index (χ4v) is 3.23. The summed E-state index contributed by atoms with van der Waals surface area (Å²) in [4.78, 5) is 2.69. The molecule has 1 N–H and O–H groups in total. The Morgan fingerprint density at radius 1 is 1.25 bits per heavy atom. The molecule has 3 atom stereocenters. The van der Waals surface area contributed by atoms with Crippen molar-refractivity contribution in [1.82, 2.24) is 10.2 Å². The van der Waals surface area contributed by atoms with E-state index in [1.807, 2.05) is 6.07 Å². The highest BCUT2D eigenvalue weighted by Gasteiger charge is 2.33. The normalized spacial score (nSPS) is 26.4. The van der Waals surface area contributed by atoms with Gasteiger partial charge in [-0.05, 0) is 30.9 Å². The van der Waals surface area contributed by atoms with Crippen molar-refractivity contribution in [1.29, 1.82) is 0 Å². The van der Waals surface area contributed by atoms with E-state index in [2.05, 4.69) is 50.9 Å². The van der Waals surface area contributed by atoms with Crippen molar-refractivity contribution in [2.45, 2.75) is 59.2 Å². The van der Waals surface area contributed by atoms with Gasteiger partial charge in [0.05, 0.1) is 6.26 Å². The van der Waals surface area contributed by atoms with Gasteiger partial charge in [0.2, 0.25) is 0 Å². The van der Waals surface area contributed by atoms with Gasteiger partial charge in [-0.3, -0.25) is 4.90 Å². The molecule has 0 aromatic carbocycles. The predicted molar refractivity (Wildman–Crippen MR) is 83.8 cm³/mol. The smallest absolute Gasteiger partial charge is 0.105 e. The second-order valence-corrected chi connectivity index (χ2v) is 6.90. The van der Waals surface area contributed by atoms with Crippen LogP contribution in [0.25, 0.3) is 0 Å². The Bertz CT molecular complexity index is 386. The number of nitrogens with zero attached hydrogens (tertiary/aromatic N) is 1. The fourth-order valence-electron chi connectivity index (χ4n) is 3.23. The largest absolute Gasteiger partial charge is 0.469 e. The molecule has 0 aliphatic carbocycles. The summed E-state index contributed by atoms with van der Waals surface area (Å²) in [5, 5.41) is 3.73. The summed E-state index contributed by atoms with van der Waals surface area (Å²) >= 11 is 0. The summed E-state index contributed by atoms with van der Waals surface area (Å²) in [7, 11) is 0. The van der Waals surface area contributed by atoms with Crippen molar-refractivity contribution in [3.05, 3.63) is 24.2 Å². The SMILES string of the molecule is CC(C)C1CN(C(C)Cc2ccco2)C(C(C)C)CN1. The van der Waals surface area contributed by atoms with Gasteiger partial charge < -0.3 is 9.73 Å². The van der Waals surface area contributed by atoms with Crippen molar-refractivity contribution in [3.8, 4) is 0 Å². The minimum Gasteiger partial charge on any atom is -0.469 e. The van der Waals surface area contributed by atoms with Gasteiger partial charge in [-0.15, -0.1) is 0 Å². The summed E-state index contributed by atoms with van der Waals surface area (Å²) in [6.07, 6.45) is 2.78. The van der Waals surface area contributed by atoms with E-state index in [0.29, 0.717) is 30.0 Å². The molecular weight excluding hydrogens is 248 g/mol. The first-order valence-corrected chi connectivity index (χ1v) is 8.00. The van der Waals surface area contributed by atoms with Gasteiger partial charge in [0.1, 0.15) is 5.76 Å². The van der Waals surface area contributed by atoms with Gasteiger partial charge in [-0.1, -0.05) is 27.7 Å². The number of hydrogen-bond donors (Lipinski definition) is 1. The van der Waals surface area contributed by atoms with E-state index in [1.165, 1.54) is 0 Å². The molecule has 0 bridgehead atoms. The number of furan rings is 1. The number of nitrogens with one attached hydrogen (secondary N) is 1. The first kappa shape index (κ1) is 15.6. The van der Waals surface area contributed by atoms with Crippen LogP contribution in [-0.4, -0.2) is 36.1 Å². The number of hydrogen-bond acceptors (Lipinski definition) is 3. The van der Waals surface area contributed by atoms with Gasteiger partial charge in [-0.2, -0.15) is 0 Å². The Hall–Kier alpha value is -0.800. The maximum atomic E-state index is 5.52. The van der Waals surface area contributed by atoms with E-state index < -0.39 is 0 Å². The Morgan fingerprint density at radius 3 is 2.55 bits per heavy atom. The summed E-state index contributed by atoms with van der Waals surface area (Å²) in [5.41, 5.74) is 0. The highest BCUT2D eigenvalue weighted by Crippen LogP contribution is 2.22. The minimum atomic E-state index is 0.525. The van der Waals surface area contributed by atoms with E-state index in [9.17, 15) is 0 Å². The third kappa shape index (κ3) is 3.64. The number of rotatable bonds is 5. The zero-order chi connectivity index (χ0) is 14.7. The maximum Gasteiger partial charge on any atom is 0.105 e. The van der Waals surface area contributed by atoms with Crippen molar-refractivity contribution in [3.63, 3.8) is 0 Å². The minimum absolute atomic E-state index is 0.525.